The highest BCUT2D eigenvalue weighted by Crippen LogP contribution is 2.17. The van der Waals surface area contributed by atoms with E-state index in [2.05, 4.69) is 14.5 Å². The van der Waals surface area contributed by atoms with Gasteiger partial charge in [-0.2, -0.15) is 0 Å². The summed E-state index contributed by atoms with van der Waals surface area (Å²) in [7, 11) is 1.40. The Morgan fingerprint density at radius 3 is 2.55 bits per heavy atom. The van der Waals surface area contributed by atoms with Gasteiger partial charge in [0.1, 0.15) is 5.82 Å². The van der Waals surface area contributed by atoms with E-state index in [-0.39, 0.29) is 11.0 Å². The van der Waals surface area contributed by atoms with Gasteiger partial charge in [0.2, 0.25) is 0 Å². The quantitative estimate of drug-likeness (QED) is 0.794. The molecule has 1 aromatic rings. The molecule has 1 heterocycles. The van der Waals surface area contributed by atoms with Crippen LogP contribution in [-0.2, 0) is 16.1 Å². The minimum absolute atomic E-state index is 0.159. The van der Waals surface area contributed by atoms with Crippen molar-refractivity contribution in [2.24, 2.45) is 0 Å². The average molecular weight is 301 g/mol. The summed E-state index contributed by atoms with van der Waals surface area (Å²) in [6, 6.07) is 4.81. The maximum absolute atomic E-state index is 13.1. The van der Waals surface area contributed by atoms with Crippen molar-refractivity contribution < 1.29 is 13.9 Å². The molecule has 0 radical (unpaired) electrons. The number of rotatable bonds is 4. The second-order valence-corrected chi connectivity index (χ2v) is 5.28. The second kappa shape index (κ2) is 7.02. The molecule has 6 heteroatoms. The topological polar surface area (TPSA) is 32.8 Å². The molecule has 0 atom stereocenters. The first-order valence-corrected chi connectivity index (χ1v) is 6.91. The van der Waals surface area contributed by atoms with E-state index in [9.17, 15) is 9.18 Å². The van der Waals surface area contributed by atoms with Crippen molar-refractivity contribution in [3.05, 3.63) is 34.6 Å². The number of piperazine rings is 1. The monoisotopic (exact) mass is 300 g/mol. The first kappa shape index (κ1) is 15.2. The third-order valence-electron chi connectivity index (χ3n) is 3.44. The van der Waals surface area contributed by atoms with E-state index in [1.165, 1.54) is 13.2 Å². The first-order chi connectivity index (χ1) is 9.58. The summed E-state index contributed by atoms with van der Waals surface area (Å²) in [5, 5.41) is 0.159. The van der Waals surface area contributed by atoms with E-state index >= 15 is 0 Å². The molecule has 0 unspecified atom stereocenters. The molecule has 1 aliphatic rings. The number of carbonyl (C=O) groups is 1. The van der Waals surface area contributed by atoms with Crippen molar-refractivity contribution in [3.63, 3.8) is 0 Å². The number of halogens is 2. The summed E-state index contributed by atoms with van der Waals surface area (Å²) in [5.74, 6) is -0.595. The first-order valence-electron chi connectivity index (χ1n) is 6.54. The predicted molar refractivity (Wildman–Crippen MR) is 75.1 cm³/mol. The van der Waals surface area contributed by atoms with Gasteiger partial charge in [0.25, 0.3) is 0 Å². The van der Waals surface area contributed by atoms with Crippen molar-refractivity contribution in [1.82, 2.24) is 9.80 Å². The summed E-state index contributed by atoms with van der Waals surface area (Å²) in [4.78, 5) is 15.5. The Bertz CT molecular complexity index is 476. The maximum Gasteiger partial charge on any atom is 0.319 e. The molecule has 1 aliphatic heterocycles. The number of nitrogens with zero attached hydrogens (tertiary/aromatic N) is 2. The van der Waals surface area contributed by atoms with Crippen LogP contribution in [0.3, 0.4) is 0 Å². The van der Waals surface area contributed by atoms with Gasteiger partial charge in [0, 0.05) is 32.7 Å². The number of ether oxygens (including phenoxy) is 1. The van der Waals surface area contributed by atoms with Crippen LogP contribution in [0.1, 0.15) is 5.56 Å². The Morgan fingerprint density at radius 1 is 1.30 bits per heavy atom. The summed E-state index contributed by atoms with van der Waals surface area (Å²) < 4.78 is 17.7. The maximum atomic E-state index is 13.1. The molecule has 2 rings (SSSR count). The van der Waals surface area contributed by atoms with Gasteiger partial charge < -0.3 is 4.74 Å². The SMILES string of the molecule is COC(=O)CN1CCN(Cc2ccc(F)c(Cl)c2)CC1. The third kappa shape index (κ3) is 4.16. The van der Waals surface area contributed by atoms with Crippen LogP contribution in [0.2, 0.25) is 5.02 Å². The zero-order chi connectivity index (χ0) is 14.5. The molecular weight excluding hydrogens is 283 g/mol. The molecular formula is C14H18ClFN2O2. The smallest absolute Gasteiger partial charge is 0.319 e. The molecule has 0 amide bonds. The fourth-order valence-electron chi connectivity index (χ4n) is 2.25. The zero-order valence-electron chi connectivity index (χ0n) is 11.4. The molecule has 0 aliphatic carbocycles. The fraction of sp³-hybridized carbons (Fsp3) is 0.500. The van der Waals surface area contributed by atoms with Crippen LogP contribution in [0.15, 0.2) is 18.2 Å². The Labute approximate surface area is 123 Å². The standard InChI is InChI=1S/C14H18ClFN2O2/c1-20-14(19)10-18-6-4-17(5-7-18)9-11-2-3-13(16)12(15)8-11/h2-3,8H,4-7,9-10H2,1H3. The lowest BCUT2D eigenvalue weighted by Crippen LogP contribution is -2.47. The lowest BCUT2D eigenvalue weighted by Gasteiger charge is -2.34. The second-order valence-electron chi connectivity index (χ2n) is 4.88. The predicted octanol–water partition coefficient (Wildman–Crippen LogP) is 1.77. The van der Waals surface area contributed by atoms with Crippen molar-refractivity contribution >= 4 is 17.6 Å². The summed E-state index contributed by atoms with van der Waals surface area (Å²) in [5.41, 5.74) is 0.998. The normalized spacial score (nSPS) is 17.1. The highest BCUT2D eigenvalue weighted by Gasteiger charge is 2.19. The summed E-state index contributed by atoms with van der Waals surface area (Å²) in [6.45, 7) is 4.46. The number of hydrogen-bond acceptors (Lipinski definition) is 4. The fourth-order valence-corrected chi connectivity index (χ4v) is 2.45. The number of methoxy groups -OCH3 is 1. The van der Waals surface area contributed by atoms with Gasteiger partial charge in [-0.1, -0.05) is 17.7 Å². The minimum atomic E-state index is -0.390. The van der Waals surface area contributed by atoms with Gasteiger partial charge in [0.05, 0.1) is 18.7 Å². The zero-order valence-corrected chi connectivity index (χ0v) is 12.2. The Kier molecular flexibility index (Phi) is 5.34. The molecule has 1 saturated heterocycles. The summed E-state index contributed by atoms with van der Waals surface area (Å²) >= 11 is 5.77. The lowest BCUT2D eigenvalue weighted by molar-refractivity contribution is -0.142. The van der Waals surface area contributed by atoms with Crippen molar-refractivity contribution in [3.8, 4) is 0 Å². The van der Waals surface area contributed by atoms with Gasteiger partial charge in [-0.15, -0.1) is 0 Å². The van der Waals surface area contributed by atoms with Crippen molar-refractivity contribution in [2.45, 2.75) is 6.54 Å². The molecule has 1 aromatic carbocycles. The largest absolute Gasteiger partial charge is 0.468 e. The molecule has 110 valence electrons. The number of hydrogen-bond donors (Lipinski definition) is 0. The van der Waals surface area contributed by atoms with E-state index in [0.29, 0.717) is 6.54 Å². The molecule has 0 N–H and O–H groups in total. The van der Waals surface area contributed by atoms with Crippen LogP contribution in [0.4, 0.5) is 4.39 Å². The third-order valence-corrected chi connectivity index (χ3v) is 3.73. The highest BCUT2D eigenvalue weighted by molar-refractivity contribution is 6.30. The van der Waals surface area contributed by atoms with Crippen LogP contribution in [0.25, 0.3) is 0 Å². The molecule has 0 spiro atoms. The molecule has 0 saturated carbocycles. The number of benzene rings is 1. The van der Waals surface area contributed by atoms with E-state index in [1.807, 2.05) is 0 Å². The van der Waals surface area contributed by atoms with E-state index in [0.717, 1.165) is 38.3 Å². The summed E-state index contributed by atoms with van der Waals surface area (Å²) in [6.07, 6.45) is 0. The molecule has 4 nitrogen and oxygen atoms in total. The van der Waals surface area contributed by atoms with Gasteiger partial charge in [0.15, 0.2) is 0 Å². The lowest BCUT2D eigenvalue weighted by atomic mass is 10.2. The van der Waals surface area contributed by atoms with Gasteiger partial charge >= 0.3 is 5.97 Å². The Morgan fingerprint density at radius 2 is 1.95 bits per heavy atom. The van der Waals surface area contributed by atoms with Crippen LogP contribution in [0, 0.1) is 5.82 Å². The minimum Gasteiger partial charge on any atom is -0.468 e. The molecule has 0 aromatic heterocycles. The highest BCUT2D eigenvalue weighted by atomic mass is 35.5. The van der Waals surface area contributed by atoms with Gasteiger partial charge in [-0.05, 0) is 17.7 Å². The van der Waals surface area contributed by atoms with E-state index in [1.54, 1.807) is 12.1 Å². The van der Waals surface area contributed by atoms with Crippen LogP contribution >= 0.6 is 11.6 Å². The van der Waals surface area contributed by atoms with Crippen LogP contribution in [-0.4, -0.2) is 55.6 Å². The van der Waals surface area contributed by atoms with Crippen molar-refractivity contribution in [2.75, 3.05) is 39.8 Å². The number of esters is 1. The molecule has 0 bridgehead atoms. The van der Waals surface area contributed by atoms with Crippen LogP contribution < -0.4 is 0 Å². The van der Waals surface area contributed by atoms with Gasteiger partial charge in [-0.3, -0.25) is 14.6 Å². The van der Waals surface area contributed by atoms with Gasteiger partial charge in [-0.25, -0.2) is 4.39 Å². The van der Waals surface area contributed by atoms with E-state index < -0.39 is 5.82 Å². The Hall–Kier alpha value is -1.17. The Balaban J connectivity index is 1.82. The van der Waals surface area contributed by atoms with Crippen LogP contribution in [0.5, 0.6) is 0 Å². The molecule has 1 fully saturated rings. The average Bonchev–Trinajstić information content (AvgIpc) is 2.45. The van der Waals surface area contributed by atoms with E-state index in [4.69, 9.17) is 11.6 Å². The number of carbonyl (C=O) groups excluding carboxylic acids is 1. The molecule has 20 heavy (non-hydrogen) atoms. The van der Waals surface area contributed by atoms with Crippen molar-refractivity contribution in [1.29, 1.82) is 0 Å².